The van der Waals surface area contributed by atoms with E-state index in [0.29, 0.717) is 5.92 Å². The molecule has 2 heteroatoms. The summed E-state index contributed by atoms with van der Waals surface area (Å²) in [5.41, 5.74) is 5.53. The maximum Gasteiger partial charge on any atom is 0.00787 e. The summed E-state index contributed by atoms with van der Waals surface area (Å²) in [6.07, 6.45) is 2.37. The first-order valence-electron chi connectivity index (χ1n) is 4.99. The average Bonchev–Trinajstić information content (AvgIpc) is 2.57. The van der Waals surface area contributed by atoms with Crippen LogP contribution in [0.15, 0.2) is 17.5 Å². The van der Waals surface area contributed by atoms with Crippen LogP contribution in [0.25, 0.3) is 0 Å². The fourth-order valence-electron chi connectivity index (χ4n) is 1.64. The van der Waals surface area contributed by atoms with E-state index < -0.39 is 0 Å². The van der Waals surface area contributed by atoms with E-state index in [0.717, 1.165) is 18.9 Å². The summed E-state index contributed by atoms with van der Waals surface area (Å²) < 4.78 is 0. The number of hydrogen-bond donors (Lipinski definition) is 1. The zero-order valence-corrected chi connectivity index (χ0v) is 9.31. The van der Waals surface area contributed by atoms with Crippen LogP contribution in [0.3, 0.4) is 0 Å². The molecule has 1 atom stereocenters. The van der Waals surface area contributed by atoms with Gasteiger partial charge in [0.15, 0.2) is 0 Å². The second-order valence-corrected chi connectivity index (χ2v) is 4.78. The van der Waals surface area contributed by atoms with Crippen LogP contribution in [-0.2, 0) is 0 Å². The molecule has 0 fully saturated rings. The van der Waals surface area contributed by atoms with Crippen LogP contribution in [0.4, 0.5) is 0 Å². The van der Waals surface area contributed by atoms with Crippen LogP contribution in [-0.4, -0.2) is 6.54 Å². The zero-order chi connectivity index (χ0) is 9.68. The Hall–Kier alpha value is -0.340. The molecule has 74 valence electrons. The molecule has 0 spiro atoms. The van der Waals surface area contributed by atoms with Gasteiger partial charge in [0.25, 0.3) is 0 Å². The molecule has 0 amide bonds. The smallest absolute Gasteiger partial charge is 0.00787 e. The molecule has 13 heavy (non-hydrogen) atoms. The van der Waals surface area contributed by atoms with Gasteiger partial charge in [-0.3, -0.25) is 0 Å². The Bertz CT molecular complexity index is 216. The second-order valence-electron chi connectivity index (χ2n) is 3.80. The zero-order valence-electron chi connectivity index (χ0n) is 8.49. The Morgan fingerprint density at radius 3 is 2.69 bits per heavy atom. The van der Waals surface area contributed by atoms with Gasteiger partial charge in [0.2, 0.25) is 0 Å². The molecule has 0 bridgehead atoms. The van der Waals surface area contributed by atoms with E-state index in [9.17, 15) is 0 Å². The van der Waals surface area contributed by atoms with E-state index in [4.69, 9.17) is 5.73 Å². The molecule has 1 rings (SSSR count). The largest absolute Gasteiger partial charge is 0.330 e. The van der Waals surface area contributed by atoms with Gasteiger partial charge in [0, 0.05) is 4.88 Å². The number of hydrogen-bond acceptors (Lipinski definition) is 2. The van der Waals surface area contributed by atoms with Crippen molar-refractivity contribution in [2.24, 2.45) is 11.7 Å². The van der Waals surface area contributed by atoms with Crippen molar-refractivity contribution in [1.29, 1.82) is 0 Å². The van der Waals surface area contributed by atoms with Crippen LogP contribution in [0.5, 0.6) is 0 Å². The van der Waals surface area contributed by atoms with Crippen molar-refractivity contribution in [3.63, 3.8) is 0 Å². The molecule has 1 nitrogen and oxygen atoms in total. The summed E-state index contributed by atoms with van der Waals surface area (Å²) in [7, 11) is 0. The Kier molecular flexibility index (Phi) is 4.46. The molecule has 0 aliphatic rings. The lowest BCUT2D eigenvalue weighted by molar-refractivity contribution is 0.464. The van der Waals surface area contributed by atoms with E-state index in [1.54, 1.807) is 0 Å². The summed E-state index contributed by atoms with van der Waals surface area (Å²) in [4.78, 5) is 1.52. The van der Waals surface area contributed by atoms with Crippen molar-refractivity contribution in [2.45, 2.75) is 32.6 Å². The highest BCUT2D eigenvalue weighted by atomic mass is 32.1. The monoisotopic (exact) mass is 197 g/mol. The van der Waals surface area contributed by atoms with Crippen molar-refractivity contribution >= 4 is 11.3 Å². The van der Waals surface area contributed by atoms with E-state index in [-0.39, 0.29) is 0 Å². The van der Waals surface area contributed by atoms with Crippen molar-refractivity contribution in [2.75, 3.05) is 6.54 Å². The average molecular weight is 197 g/mol. The molecule has 0 aromatic carbocycles. The lowest BCUT2D eigenvalue weighted by Gasteiger charge is -2.18. The van der Waals surface area contributed by atoms with Crippen LogP contribution < -0.4 is 5.73 Å². The standard InChI is InChI=1S/C11H19NS/c1-9(2)10(5-3-7-12)11-6-4-8-13-11/h4,6,8-10H,3,5,7,12H2,1-2H3. The minimum Gasteiger partial charge on any atom is -0.330 e. The number of thiophene rings is 1. The summed E-state index contributed by atoms with van der Waals surface area (Å²) in [6, 6.07) is 4.38. The van der Waals surface area contributed by atoms with Crippen molar-refractivity contribution in [3.05, 3.63) is 22.4 Å². The predicted octanol–water partition coefficient (Wildman–Crippen LogP) is 3.23. The van der Waals surface area contributed by atoms with Crippen LogP contribution in [0.2, 0.25) is 0 Å². The molecule has 1 heterocycles. The summed E-state index contributed by atoms with van der Waals surface area (Å²) >= 11 is 1.87. The predicted molar refractivity (Wildman–Crippen MR) is 60.2 cm³/mol. The Balaban J connectivity index is 2.58. The van der Waals surface area contributed by atoms with Gasteiger partial charge in [-0.1, -0.05) is 19.9 Å². The fraction of sp³-hybridized carbons (Fsp3) is 0.636. The van der Waals surface area contributed by atoms with Gasteiger partial charge in [0.05, 0.1) is 0 Å². The van der Waals surface area contributed by atoms with Gasteiger partial charge in [-0.2, -0.15) is 0 Å². The van der Waals surface area contributed by atoms with Crippen LogP contribution in [0, 0.1) is 5.92 Å². The maximum atomic E-state index is 5.53. The molecule has 0 saturated carbocycles. The first-order valence-corrected chi connectivity index (χ1v) is 5.87. The molecule has 0 saturated heterocycles. The molecule has 2 N–H and O–H groups in total. The van der Waals surface area contributed by atoms with Crippen molar-refractivity contribution < 1.29 is 0 Å². The Labute approximate surface area is 85.0 Å². The topological polar surface area (TPSA) is 26.0 Å². The van der Waals surface area contributed by atoms with E-state index in [2.05, 4.69) is 31.4 Å². The lowest BCUT2D eigenvalue weighted by atomic mass is 9.90. The van der Waals surface area contributed by atoms with Crippen molar-refractivity contribution in [1.82, 2.24) is 0 Å². The quantitative estimate of drug-likeness (QED) is 0.770. The van der Waals surface area contributed by atoms with Crippen LogP contribution in [0.1, 0.15) is 37.5 Å². The maximum absolute atomic E-state index is 5.53. The normalized spacial score (nSPS) is 13.5. The first kappa shape index (κ1) is 10.7. The van der Waals surface area contributed by atoms with E-state index in [1.807, 2.05) is 11.3 Å². The first-order chi connectivity index (χ1) is 6.25. The van der Waals surface area contributed by atoms with Gasteiger partial charge in [-0.25, -0.2) is 0 Å². The molecule has 0 aliphatic heterocycles. The highest BCUT2D eigenvalue weighted by Crippen LogP contribution is 2.31. The molecular formula is C11H19NS. The summed E-state index contributed by atoms with van der Waals surface area (Å²) in [5, 5.41) is 2.16. The Morgan fingerprint density at radius 1 is 1.46 bits per heavy atom. The highest BCUT2D eigenvalue weighted by molar-refractivity contribution is 7.10. The number of nitrogens with two attached hydrogens (primary N) is 1. The van der Waals surface area contributed by atoms with E-state index in [1.165, 1.54) is 11.3 Å². The molecule has 0 radical (unpaired) electrons. The Morgan fingerprint density at radius 2 is 2.23 bits per heavy atom. The van der Waals surface area contributed by atoms with Crippen molar-refractivity contribution in [3.8, 4) is 0 Å². The molecule has 1 unspecified atom stereocenters. The highest BCUT2D eigenvalue weighted by Gasteiger charge is 2.15. The SMILES string of the molecule is CC(C)C(CCCN)c1cccs1. The van der Waals surface area contributed by atoms with Gasteiger partial charge in [0.1, 0.15) is 0 Å². The summed E-state index contributed by atoms with van der Waals surface area (Å²) in [5.74, 6) is 1.44. The molecular weight excluding hydrogens is 178 g/mol. The van der Waals surface area contributed by atoms with Gasteiger partial charge >= 0.3 is 0 Å². The third-order valence-corrected chi connectivity index (χ3v) is 3.44. The second kappa shape index (κ2) is 5.40. The third kappa shape index (κ3) is 3.12. The van der Waals surface area contributed by atoms with Gasteiger partial charge in [-0.15, -0.1) is 11.3 Å². The number of rotatable bonds is 5. The molecule has 1 aromatic rings. The fourth-order valence-corrected chi connectivity index (χ4v) is 2.68. The third-order valence-electron chi connectivity index (χ3n) is 2.43. The van der Waals surface area contributed by atoms with Gasteiger partial charge < -0.3 is 5.73 Å². The molecule has 1 aromatic heterocycles. The van der Waals surface area contributed by atoms with Crippen LogP contribution >= 0.6 is 11.3 Å². The summed E-state index contributed by atoms with van der Waals surface area (Å²) in [6.45, 7) is 5.40. The minimum atomic E-state index is 0.712. The minimum absolute atomic E-state index is 0.712. The van der Waals surface area contributed by atoms with Gasteiger partial charge in [-0.05, 0) is 42.7 Å². The van der Waals surface area contributed by atoms with E-state index >= 15 is 0 Å². The molecule has 0 aliphatic carbocycles. The lowest BCUT2D eigenvalue weighted by Crippen LogP contribution is -2.08.